The molecule has 1 atom stereocenters. The number of aromatic nitrogens is 2. The number of fused-ring (bicyclic) bond motifs is 1. The summed E-state index contributed by atoms with van der Waals surface area (Å²) in [5, 5.41) is 3.68. The predicted octanol–water partition coefficient (Wildman–Crippen LogP) is 2.30. The molecule has 0 aliphatic heterocycles. The summed E-state index contributed by atoms with van der Waals surface area (Å²) >= 11 is 0. The zero-order valence-corrected chi connectivity index (χ0v) is 13.5. The van der Waals surface area contributed by atoms with Gasteiger partial charge in [0.1, 0.15) is 0 Å². The Labute approximate surface area is 130 Å². The van der Waals surface area contributed by atoms with Gasteiger partial charge in [0.25, 0.3) is 0 Å². The van der Waals surface area contributed by atoms with Crippen LogP contribution in [0.2, 0.25) is 0 Å². The maximum Gasteiger partial charge on any atom is 0.244 e. The number of aryl methyl sites for hydroxylation is 3. The highest BCUT2D eigenvalue weighted by atomic mass is 32.2. The second-order valence-corrected chi connectivity index (χ2v) is 7.37. The summed E-state index contributed by atoms with van der Waals surface area (Å²) in [6.45, 7) is 3.38. The molecule has 22 heavy (non-hydrogen) atoms. The highest BCUT2D eigenvalue weighted by Crippen LogP contribution is 2.24. The van der Waals surface area contributed by atoms with Crippen LogP contribution in [-0.2, 0) is 22.9 Å². The summed E-state index contributed by atoms with van der Waals surface area (Å²) in [5.41, 5.74) is 2.39. The minimum Gasteiger partial charge on any atom is -0.338 e. The Bertz CT molecular complexity index is 783. The maximum absolute atomic E-state index is 12.5. The molecule has 0 saturated heterocycles. The minimum atomic E-state index is -3.61. The van der Waals surface area contributed by atoms with Gasteiger partial charge in [-0.1, -0.05) is 11.2 Å². The van der Waals surface area contributed by atoms with E-state index in [2.05, 4.69) is 14.9 Å². The number of benzene rings is 1. The third-order valence-corrected chi connectivity index (χ3v) is 5.41. The molecule has 0 fully saturated rings. The minimum absolute atomic E-state index is 0.263. The van der Waals surface area contributed by atoms with Gasteiger partial charge in [0.15, 0.2) is 5.82 Å². The van der Waals surface area contributed by atoms with Gasteiger partial charge in [0, 0.05) is 0 Å². The van der Waals surface area contributed by atoms with Gasteiger partial charge >= 0.3 is 0 Å². The fourth-order valence-electron chi connectivity index (χ4n) is 2.72. The van der Waals surface area contributed by atoms with E-state index in [-0.39, 0.29) is 10.8 Å². The zero-order chi connectivity index (χ0) is 15.7. The third kappa shape index (κ3) is 3.05. The molecular formula is C15H19N3O3S. The molecule has 1 aliphatic rings. The first-order chi connectivity index (χ1) is 10.5. The van der Waals surface area contributed by atoms with Crippen LogP contribution in [0.25, 0.3) is 0 Å². The largest absolute Gasteiger partial charge is 0.338 e. The molecule has 0 saturated carbocycles. The predicted molar refractivity (Wildman–Crippen MR) is 80.9 cm³/mol. The lowest BCUT2D eigenvalue weighted by Crippen LogP contribution is -2.27. The molecule has 1 aromatic carbocycles. The summed E-state index contributed by atoms with van der Waals surface area (Å²) in [4.78, 5) is 4.34. The molecule has 118 valence electrons. The molecule has 3 rings (SSSR count). The smallest absolute Gasteiger partial charge is 0.244 e. The first-order valence-corrected chi connectivity index (χ1v) is 8.88. The highest BCUT2D eigenvalue weighted by Gasteiger charge is 2.23. The van der Waals surface area contributed by atoms with Crippen molar-refractivity contribution in [2.24, 2.45) is 0 Å². The first kappa shape index (κ1) is 15.2. The number of hydrogen-bond acceptors (Lipinski definition) is 5. The molecule has 1 aromatic heterocycles. The third-order valence-electron chi connectivity index (χ3n) is 3.88. The van der Waals surface area contributed by atoms with Crippen molar-refractivity contribution in [3.05, 3.63) is 41.0 Å². The molecule has 1 heterocycles. The lowest BCUT2D eigenvalue weighted by atomic mass is 9.92. The van der Waals surface area contributed by atoms with Crippen LogP contribution in [0.3, 0.4) is 0 Å². The highest BCUT2D eigenvalue weighted by molar-refractivity contribution is 7.89. The van der Waals surface area contributed by atoms with Gasteiger partial charge in [0.2, 0.25) is 15.9 Å². The molecule has 0 radical (unpaired) electrons. The maximum atomic E-state index is 12.5. The standard InChI is InChI=1S/C15H19N3O3S/c1-10(15-16-11(2)17-21-15)18-22(19,20)14-8-7-12-5-3-4-6-13(12)9-14/h7-10,18H,3-6H2,1-2H3/t10-/m0/s1. The first-order valence-electron chi connectivity index (χ1n) is 7.40. The Morgan fingerprint density at radius 2 is 1.95 bits per heavy atom. The van der Waals surface area contributed by atoms with Crippen LogP contribution < -0.4 is 4.72 Å². The van der Waals surface area contributed by atoms with Crippen molar-refractivity contribution >= 4 is 10.0 Å². The molecule has 1 N–H and O–H groups in total. The van der Waals surface area contributed by atoms with Gasteiger partial charge in [-0.05, 0) is 62.8 Å². The molecule has 0 amide bonds. The van der Waals surface area contributed by atoms with Crippen molar-refractivity contribution in [1.82, 2.24) is 14.9 Å². The molecule has 7 heteroatoms. The molecule has 0 bridgehead atoms. The SMILES string of the molecule is Cc1noc([C@H](C)NS(=O)(=O)c2ccc3c(c2)CCCC3)n1. The van der Waals surface area contributed by atoms with Crippen LogP contribution in [0, 0.1) is 6.92 Å². The Morgan fingerprint density at radius 1 is 1.23 bits per heavy atom. The van der Waals surface area contributed by atoms with E-state index < -0.39 is 16.1 Å². The topological polar surface area (TPSA) is 85.1 Å². The van der Waals surface area contributed by atoms with Crippen molar-refractivity contribution < 1.29 is 12.9 Å². The van der Waals surface area contributed by atoms with Crippen molar-refractivity contribution in [2.75, 3.05) is 0 Å². The summed E-state index contributed by atoms with van der Waals surface area (Å²) in [5.74, 6) is 0.744. The van der Waals surface area contributed by atoms with Gasteiger partial charge in [-0.25, -0.2) is 8.42 Å². The number of hydrogen-bond donors (Lipinski definition) is 1. The zero-order valence-electron chi connectivity index (χ0n) is 12.7. The summed E-state index contributed by atoms with van der Waals surface area (Å²) in [6.07, 6.45) is 4.25. The Hall–Kier alpha value is -1.73. The quantitative estimate of drug-likeness (QED) is 0.934. The van der Waals surface area contributed by atoms with Gasteiger partial charge in [-0.2, -0.15) is 9.71 Å². The average Bonchev–Trinajstić information content (AvgIpc) is 2.93. The van der Waals surface area contributed by atoms with Crippen LogP contribution in [0.4, 0.5) is 0 Å². The Morgan fingerprint density at radius 3 is 2.64 bits per heavy atom. The van der Waals surface area contributed by atoms with E-state index in [0.717, 1.165) is 24.8 Å². The lowest BCUT2D eigenvalue weighted by Gasteiger charge is -2.17. The van der Waals surface area contributed by atoms with Gasteiger partial charge < -0.3 is 4.52 Å². The van der Waals surface area contributed by atoms with Crippen LogP contribution >= 0.6 is 0 Å². The number of rotatable bonds is 4. The van der Waals surface area contributed by atoms with E-state index in [1.54, 1.807) is 26.0 Å². The Kier molecular flexibility index (Phi) is 4.01. The van der Waals surface area contributed by atoms with E-state index in [4.69, 9.17) is 4.52 Å². The molecule has 2 aromatic rings. The normalized spacial score (nSPS) is 16.3. The van der Waals surface area contributed by atoms with E-state index >= 15 is 0 Å². The van der Waals surface area contributed by atoms with Crippen LogP contribution in [0.15, 0.2) is 27.6 Å². The van der Waals surface area contributed by atoms with Gasteiger partial charge in [-0.15, -0.1) is 0 Å². The van der Waals surface area contributed by atoms with Crippen LogP contribution in [0.5, 0.6) is 0 Å². The summed E-state index contributed by atoms with van der Waals surface area (Å²) in [6, 6.07) is 4.80. The summed E-state index contributed by atoms with van der Waals surface area (Å²) in [7, 11) is -3.61. The molecule has 6 nitrogen and oxygen atoms in total. The van der Waals surface area contributed by atoms with Gasteiger partial charge in [0.05, 0.1) is 10.9 Å². The monoisotopic (exact) mass is 321 g/mol. The van der Waals surface area contributed by atoms with Crippen molar-refractivity contribution in [3.8, 4) is 0 Å². The average molecular weight is 321 g/mol. The lowest BCUT2D eigenvalue weighted by molar-refractivity contribution is 0.351. The fourth-order valence-corrected chi connectivity index (χ4v) is 3.96. The van der Waals surface area contributed by atoms with Crippen molar-refractivity contribution in [3.63, 3.8) is 0 Å². The molecule has 0 spiro atoms. The van der Waals surface area contributed by atoms with E-state index in [1.165, 1.54) is 12.0 Å². The van der Waals surface area contributed by atoms with Crippen LogP contribution in [-0.4, -0.2) is 18.6 Å². The van der Waals surface area contributed by atoms with Crippen molar-refractivity contribution in [1.29, 1.82) is 0 Å². The number of nitrogens with zero attached hydrogens (tertiary/aromatic N) is 2. The Balaban J connectivity index is 1.83. The fraction of sp³-hybridized carbons (Fsp3) is 0.467. The number of nitrogens with one attached hydrogen (secondary N) is 1. The number of sulfonamides is 1. The molecular weight excluding hydrogens is 302 g/mol. The van der Waals surface area contributed by atoms with Crippen LogP contribution in [0.1, 0.15) is 48.6 Å². The van der Waals surface area contributed by atoms with Gasteiger partial charge in [-0.3, -0.25) is 0 Å². The van der Waals surface area contributed by atoms with Crippen molar-refractivity contribution in [2.45, 2.75) is 50.5 Å². The summed E-state index contributed by atoms with van der Waals surface area (Å²) < 4.78 is 32.6. The second kappa shape index (κ2) is 5.81. The van der Waals surface area contributed by atoms with E-state index in [0.29, 0.717) is 5.82 Å². The molecule has 0 unspecified atom stereocenters. The molecule has 1 aliphatic carbocycles. The second-order valence-electron chi connectivity index (χ2n) is 5.66. The van der Waals surface area contributed by atoms with E-state index in [1.807, 2.05) is 6.07 Å². The van der Waals surface area contributed by atoms with E-state index in [9.17, 15) is 8.42 Å².